The van der Waals surface area contributed by atoms with Crippen LogP contribution in [0.4, 0.5) is 4.79 Å². The molecule has 6 heteroatoms. The Morgan fingerprint density at radius 2 is 2.05 bits per heavy atom. The van der Waals surface area contributed by atoms with Crippen LogP contribution in [0.15, 0.2) is 18.3 Å². The fourth-order valence-corrected chi connectivity index (χ4v) is 2.74. The van der Waals surface area contributed by atoms with Crippen molar-refractivity contribution in [3.05, 3.63) is 29.6 Å². The van der Waals surface area contributed by atoms with Gasteiger partial charge in [-0.2, -0.15) is 0 Å². The van der Waals surface area contributed by atoms with Crippen LogP contribution >= 0.6 is 0 Å². The first-order valence-electron chi connectivity index (χ1n) is 7.29. The number of nitrogens with one attached hydrogen (secondary N) is 2. The van der Waals surface area contributed by atoms with E-state index in [0.29, 0.717) is 12.0 Å². The van der Waals surface area contributed by atoms with Crippen LogP contribution in [0.1, 0.15) is 41.7 Å². The number of amides is 2. The molecule has 2 aliphatic carbocycles. The number of carbonyl (C=O) groups is 2. The van der Waals surface area contributed by atoms with E-state index >= 15 is 0 Å². The molecule has 0 unspecified atom stereocenters. The van der Waals surface area contributed by atoms with Gasteiger partial charge in [0.2, 0.25) is 0 Å². The molecule has 0 radical (unpaired) electrons. The van der Waals surface area contributed by atoms with Crippen molar-refractivity contribution >= 4 is 12.0 Å². The van der Waals surface area contributed by atoms with Gasteiger partial charge < -0.3 is 15.7 Å². The number of aromatic nitrogens is 1. The van der Waals surface area contributed by atoms with Crippen molar-refractivity contribution in [3.8, 4) is 0 Å². The number of rotatable bonds is 6. The number of aromatic carboxylic acids is 1. The topological polar surface area (TPSA) is 91.3 Å². The van der Waals surface area contributed by atoms with Crippen molar-refractivity contribution in [2.75, 3.05) is 6.54 Å². The van der Waals surface area contributed by atoms with Crippen LogP contribution < -0.4 is 10.6 Å². The normalized spacial score (nSPS) is 18.9. The van der Waals surface area contributed by atoms with Gasteiger partial charge in [0.1, 0.15) is 5.69 Å². The first-order valence-corrected chi connectivity index (χ1v) is 7.29. The molecule has 0 saturated heterocycles. The summed E-state index contributed by atoms with van der Waals surface area (Å²) in [7, 11) is 0. The molecule has 0 atom stereocenters. The predicted octanol–water partition coefficient (Wildman–Crippen LogP) is 1.77. The summed E-state index contributed by atoms with van der Waals surface area (Å²) in [6.07, 6.45) is 6.56. The second-order valence-electron chi connectivity index (χ2n) is 6.03. The zero-order chi connectivity index (χ0) is 14.9. The number of urea groups is 1. The highest BCUT2D eigenvalue weighted by molar-refractivity contribution is 5.85. The maximum atomic E-state index is 11.8. The summed E-state index contributed by atoms with van der Waals surface area (Å²) >= 11 is 0. The van der Waals surface area contributed by atoms with Gasteiger partial charge in [-0.1, -0.05) is 6.07 Å². The molecule has 0 bridgehead atoms. The Morgan fingerprint density at radius 3 is 2.57 bits per heavy atom. The highest BCUT2D eigenvalue weighted by Crippen LogP contribution is 2.60. The lowest BCUT2D eigenvalue weighted by atomic mass is 10.0. The van der Waals surface area contributed by atoms with Gasteiger partial charge in [-0.25, -0.2) is 14.6 Å². The Kier molecular flexibility index (Phi) is 3.53. The third-order valence-corrected chi connectivity index (χ3v) is 4.43. The zero-order valence-electron chi connectivity index (χ0n) is 11.8. The smallest absolute Gasteiger partial charge is 0.354 e. The van der Waals surface area contributed by atoms with E-state index in [2.05, 4.69) is 15.6 Å². The Balaban J connectivity index is 1.42. The number of nitrogens with zero attached hydrogens (tertiary/aromatic N) is 1. The second-order valence-corrected chi connectivity index (χ2v) is 6.03. The van der Waals surface area contributed by atoms with Gasteiger partial charge in [0.25, 0.3) is 0 Å². The maximum absolute atomic E-state index is 11.8. The third kappa shape index (κ3) is 3.32. The van der Waals surface area contributed by atoms with Gasteiger partial charge in [-0.15, -0.1) is 0 Å². The summed E-state index contributed by atoms with van der Waals surface area (Å²) < 4.78 is 0. The van der Waals surface area contributed by atoms with Crippen LogP contribution in [0, 0.1) is 11.3 Å². The second kappa shape index (κ2) is 5.35. The van der Waals surface area contributed by atoms with Crippen molar-refractivity contribution in [1.29, 1.82) is 0 Å². The summed E-state index contributed by atoms with van der Waals surface area (Å²) in [6, 6.07) is 2.91. The van der Waals surface area contributed by atoms with Gasteiger partial charge >= 0.3 is 12.0 Å². The molecule has 0 aromatic carbocycles. The fourth-order valence-electron chi connectivity index (χ4n) is 2.74. The maximum Gasteiger partial charge on any atom is 0.354 e. The van der Waals surface area contributed by atoms with Crippen LogP contribution in [-0.4, -0.2) is 28.6 Å². The number of pyridine rings is 1. The van der Waals surface area contributed by atoms with Crippen LogP contribution in [0.2, 0.25) is 0 Å². The molecular formula is C15H19N3O3. The van der Waals surface area contributed by atoms with E-state index in [9.17, 15) is 9.59 Å². The highest BCUT2D eigenvalue weighted by Gasteiger charge is 2.53. The molecule has 6 nitrogen and oxygen atoms in total. The molecule has 3 rings (SSSR count). The SMILES string of the molecule is O=C(NCc1ccc(C(=O)O)nc1)NCC1(C2CC2)CC1. The third-order valence-electron chi connectivity index (χ3n) is 4.43. The predicted molar refractivity (Wildman–Crippen MR) is 75.8 cm³/mol. The van der Waals surface area contributed by atoms with Crippen molar-refractivity contribution in [2.45, 2.75) is 32.2 Å². The summed E-state index contributed by atoms with van der Waals surface area (Å²) in [6.45, 7) is 1.11. The number of carbonyl (C=O) groups excluding carboxylic acids is 1. The summed E-state index contributed by atoms with van der Waals surface area (Å²) in [5.41, 5.74) is 1.17. The highest BCUT2D eigenvalue weighted by atomic mass is 16.4. The number of hydrogen-bond donors (Lipinski definition) is 3. The van der Waals surface area contributed by atoms with E-state index in [-0.39, 0.29) is 11.7 Å². The molecule has 1 aromatic heterocycles. The molecule has 2 fully saturated rings. The lowest BCUT2D eigenvalue weighted by molar-refractivity contribution is 0.0690. The van der Waals surface area contributed by atoms with Gasteiger partial charge in [0.05, 0.1) is 0 Å². The van der Waals surface area contributed by atoms with Crippen molar-refractivity contribution < 1.29 is 14.7 Å². The van der Waals surface area contributed by atoms with Gasteiger partial charge in [-0.05, 0) is 48.6 Å². The van der Waals surface area contributed by atoms with Crippen LogP contribution in [-0.2, 0) is 6.54 Å². The van der Waals surface area contributed by atoms with E-state index in [1.54, 1.807) is 6.07 Å². The molecule has 3 N–H and O–H groups in total. The molecule has 2 aliphatic rings. The lowest BCUT2D eigenvalue weighted by Crippen LogP contribution is -2.38. The molecule has 2 saturated carbocycles. The zero-order valence-corrected chi connectivity index (χ0v) is 11.8. The van der Waals surface area contributed by atoms with Crippen LogP contribution in [0.5, 0.6) is 0 Å². The monoisotopic (exact) mass is 289 g/mol. The molecule has 1 aromatic rings. The Morgan fingerprint density at radius 1 is 1.29 bits per heavy atom. The van der Waals surface area contributed by atoms with Gasteiger partial charge in [-0.3, -0.25) is 0 Å². The Labute approximate surface area is 123 Å². The largest absolute Gasteiger partial charge is 0.477 e. The van der Waals surface area contributed by atoms with Crippen molar-refractivity contribution in [2.24, 2.45) is 11.3 Å². The average molecular weight is 289 g/mol. The summed E-state index contributed by atoms with van der Waals surface area (Å²) in [5, 5.41) is 14.5. The Hall–Kier alpha value is -2.11. The molecule has 2 amide bonds. The van der Waals surface area contributed by atoms with E-state index in [4.69, 9.17) is 5.11 Å². The number of carboxylic acid groups (broad SMARTS) is 1. The quantitative estimate of drug-likeness (QED) is 0.744. The molecule has 1 heterocycles. The van der Waals surface area contributed by atoms with E-state index in [1.807, 2.05) is 0 Å². The number of hydrogen-bond acceptors (Lipinski definition) is 3. The summed E-state index contributed by atoms with van der Waals surface area (Å²) in [5.74, 6) is -0.229. The molecular weight excluding hydrogens is 270 g/mol. The van der Waals surface area contributed by atoms with E-state index in [1.165, 1.54) is 37.9 Å². The van der Waals surface area contributed by atoms with Gasteiger partial charge in [0, 0.05) is 19.3 Å². The molecule has 21 heavy (non-hydrogen) atoms. The number of carboxylic acids is 1. The average Bonchev–Trinajstić information content (AvgIpc) is 3.36. The first-order chi connectivity index (χ1) is 10.1. The molecule has 112 valence electrons. The molecule has 0 spiro atoms. The molecule has 0 aliphatic heterocycles. The van der Waals surface area contributed by atoms with Crippen LogP contribution in [0.3, 0.4) is 0 Å². The summed E-state index contributed by atoms with van der Waals surface area (Å²) in [4.78, 5) is 26.3. The standard InChI is InChI=1S/C15H19N3O3/c19-13(20)12-4-1-10(7-16-12)8-17-14(21)18-9-15(5-6-15)11-2-3-11/h1,4,7,11H,2-3,5-6,8-9H2,(H,19,20)(H2,17,18,21). The van der Waals surface area contributed by atoms with Crippen molar-refractivity contribution in [3.63, 3.8) is 0 Å². The minimum absolute atomic E-state index is 0.00306. The first kappa shape index (κ1) is 13.9. The van der Waals surface area contributed by atoms with E-state index < -0.39 is 5.97 Å². The fraction of sp³-hybridized carbons (Fsp3) is 0.533. The van der Waals surface area contributed by atoms with Gasteiger partial charge in [0.15, 0.2) is 0 Å². The van der Waals surface area contributed by atoms with Crippen molar-refractivity contribution in [1.82, 2.24) is 15.6 Å². The Bertz CT molecular complexity index is 548. The minimum atomic E-state index is -1.05. The van der Waals surface area contributed by atoms with E-state index in [0.717, 1.165) is 18.0 Å². The van der Waals surface area contributed by atoms with Crippen LogP contribution in [0.25, 0.3) is 0 Å². The minimum Gasteiger partial charge on any atom is -0.477 e. The lowest BCUT2D eigenvalue weighted by Gasteiger charge is -2.15.